The molecule has 176 valence electrons. The third-order valence-electron chi connectivity index (χ3n) is 4.65. The summed E-state index contributed by atoms with van der Waals surface area (Å²) in [6.07, 6.45) is -3.23. The second-order valence-electron chi connectivity index (χ2n) is 7.18. The van der Waals surface area contributed by atoms with Crippen LogP contribution in [-0.2, 0) is 11.3 Å². The minimum Gasteiger partial charge on any atom is -0.461 e. The molecule has 7 nitrogen and oxygen atoms in total. The predicted molar refractivity (Wildman–Crippen MR) is 120 cm³/mol. The summed E-state index contributed by atoms with van der Waals surface area (Å²) in [4.78, 5) is 12.7. The van der Waals surface area contributed by atoms with Crippen molar-refractivity contribution >= 4 is 23.4 Å². The maximum Gasteiger partial charge on any atom is 0.573 e. The number of rotatable bonds is 8. The number of hydrogen-bond acceptors (Lipinski definition) is 6. The summed E-state index contributed by atoms with van der Waals surface area (Å²) in [7, 11) is 0. The maximum absolute atomic E-state index is 12.7. The van der Waals surface area contributed by atoms with E-state index in [0.29, 0.717) is 29.0 Å². The number of furan rings is 1. The fourth-order valence-corrected chi connectivity index (χ4v) is 3.92. The van der Waals surface area contributed by atoms with E-state index in [2.05, 4.69) is 20.3 Å². The van der Waals surface area contributed by atoms with Crippen LogP contribution in [0.15, 0.2) is 82.6 Å². The third-order valence-corrected chi connectivity index (χ3v) is 5.73. The monoisotopic (exact) mass is 488 g/mol. The van der Waals surface area contributed by atoms with E-state index < -0.39 is 11.6 Å². The van der Waals surface area contributed by atoms with E-state index in [1.165, 1.54) is 23.9 Å². The summed E-state index contributed by atoms with van der Waals surface area (Å²) in [6.45, 7) is 2.18. The Labute approximate surface area is 196 Å². The van der Waals surface area contributed by atoms with Crippen LogP contribution in [0.3, 0.4) is 0 Å². The molecular formula is C23H19F3N4O3S. The van der Waals surface area contributed by atoms with E-state index in [1.54, 1.807) is 25.3 Å². The van der Waals surface area contributed by atoms with Crippen LogP contribution in [0.1, 0.15) is 12.5 Å². The van der Waals surface area contributed by atoms with Crippen molar-refractivity contribution in [3.05, 3.63) is 78.6 Å². The maximum atomic E-state index is 12.7. The summed E-state index contributed by atoms with van der Waals surface area (Å²) in [6, 6.07) is 18.2. The van der Waals surface area contributed by atoms with Gasteiger partial charge in [0.15, 0.2) is 10.9 Å². The Kier molecular flexibility index (Phi) is 6.92. The smallest absolute Gasteiger partial charge is 0.461 e. The summed E-state index contributed by atoms with van der Waals surface area (Å²) < 4.78 is 48.1. The van der Waals surface area contributed by atoms with Gasteiger partial charge >= 0.3 is 6.36 Å². The van der Waals surface area contributed by atoms with E-state index in [9.17, 15) is 18.0 Å². The lowest BCUT2D eigenvalue weighted by atomic mass is 10.2. The number of alkyl halides is 3. The van der Waals surface area contributed by atoms with Crippen LogP contribution >= 0.6 is 11.8 Å². The molecule has 1 amide bonds. The number of ether oxygens (including phenoxy) is 1. The van der Waals surface area contributed by atoms with Gasteiger partial charge in [0.05, 0.1) is 18.1 Å². The SMILES string of the molecule is C[C@H](Sc1nnc(-c2ccco2)n1Cc1ccccc1)C(=O)Nc1ccc(OC(F)(F)F)cc1. The zero-order valence-corrected chi connectivity index (χ0v) is 18.6. The Morgan fingerprint density at radius 3 is 2.47 bits per heavy atom. The van der Waals surface area contributed by atoms with Crippen LogP contribution in [0, 0.1) is 0 Å². The Morgan fingerprint density at radius 2 is 1.82 bits per heavy atom. The van der Waals surface area contributed by atoms with Crippen LogP contribution in [0.25, 0.3) is 11.6 Å². The summed E-state index contributed by atoms with van der Waals surface area (Å²) in [5.74, 6) is 0.369. The first-order chi connectivity index (χ1) is 16.3. The number of nitrogens with one attached hydrogen (secondary N) is 1. The molecular weight excluding hydrogens is 469 g/mol. The summed E-state index contributed by atoms with van der Waals surface area (Å²) >= 11 is 1.21. The minimum atomic E-state index is -4.78. The van der Waals surface area contributed by atoms with Gasteiger partial charge < -0.3 is 14.5 Å². The van der Waals surface area contributed by atoms with Gasteiger partial charge in [0, 0.05) is 5.69 Å². The Bertz CT molecular complexity index is 1230. The molecule has 2 aromatic heterocycles. The molecule has 4 aromatic rings. The lowest BCUT2D eigenvalue weighted by molar-refractivity contribution is -0.274. The van der Waals surface area contributed by atoms with Crippen LogP contribution in [0.4, 0.5) is 18.9 Å². The van der Waals surface area contributed by atoms with Crippen LogP contribution in [-0.4, -0.2) is 32.3 Å². The van der Waals surface area contributed by atoms with Crippen molar-refractivity contribution in [2.24, 2.45) is 0 Å². The fourth-order valence-electron chi connectivity index (χ4n) is 3.07. The van der Waals surface area contributed by atoms with Gasteiger partial charge in [0.25, 0.3) is 0 Å². The first kappa shape index (κ1) is 23.4. The van der Waals surface area contributed by atoms with E-state index in [1.807, 2.05) is 34.9 Å². The molecule has 0 radical (unpaired) electrons. The number of carbonyl (C=O) groups excluding carboxylic acids is 1. The number of amides is 1. The standard InChI is InChI=1S/C23H19F3N4O3S/c1-15(21(31)27-17-9-11-18(12-10-17)33-23(24,25)26)34-22-29-28-20(19-8-5-13-32-19)30(22)14-16-6-3-2-4-7-16/h2-13,15H,14H2,1H3,(H,27,31)/t15-/m0/s1. The van der Waals surface area contributed by atoms with Gasteiger partial charge in [-0.05, 0) is 48.9 Å². The van der Waals surface area contributed by atoms with Gasteiger partial charge in [-0.25, -0.2) is 0 Å². The number of benzene rings is 2. The molecule has 0 unspecified atom stereocenters. The van der Waals surface area contributed by atoms with Crippen LogP contribution < -0.4 is 10.1 Å². The molecule has 4 rings (SSSR count). The zero-order chi connectivity index (χ0) is 24.1. The van der Waals surface area contributed by atoms with Crippen molar-refractivity contribution < 1.29 is 27.1 Å². The molecule has 0 fully saturated rings. The molecule has 11 heteroatoms. The molecule has 1 atom stereocenters. The van der Waals surface area contributed by atoms with Crippen LogP contribution in [0.5, 0.6) is 5.75 Å². The quantitative estimate of drug-likeness (QED) is 0.325. The van der Waals surface area contributed by atoms with Crippen molar-refractivity contribution in [3.63, 3.8) is 0 Å². The van der Waals surface area contributed by atoms with Crippen LogP contribution in [0.2, 0.25) is 0 Å². The van der Waals surface area contributed by atoms with E-state index >= 15 is 0 Å². The first-order valence-electron chi connectivity index (χ1n) is 10.1. The zero-order valence-electron chi connectivity index (χ0n) is 17.8. The summed E-state index contributed by atoms with van der Waals surface area (Å²) in [5, 5.41) is 11.1. The number of anilines is 1. The first-order valence-corrected chi connectivity index (χ1v) is 11.0. The van der Waals surface area contributed by atoms with Crippen molar-refractivity contribution in [1.29, 1.82) is 0 Å². The molecule has 1 N–H and O–H groups in total. The van der Waals surface area contributed by atoms with E-state index in [0.717, 1.165) is 17.7 Å². The van der Waals surface area contributed by atoms with Crippen molar-refractivity contribution in [1.82, 2.24) is 14.8 Å². The third kappa shape index (κ3) is 5.98. The molecule has 0 aliphatic heterocycles. The van der Waals surface area contributed by atoms with Gasteiger partial charge in [0.1, 0.15) is 5.75 Å². The Hall–Kier alpha value is -3.73. The number of halogens is 3. The van der Waals surface area contributed by atoms with E-state index in [-0.39, 0.29) is 11.7 Å². The predicted octanol–water partition coefficient (Wildman–Crippen LogP) is 5.60. The topological polar surface area (TPSA) is 82.2 Å². The van der Waals surface area contributed by atoms with Gasteiger partial charge in [-0.2, -0.15) is 0 Å². The lowest BCUT2D eigenvalue weighted by Crippen LogP contribution is -2.23. The van der Waals surface area contributed by atoms with Gasteiger partial charge in [-0.1, -0.05) is 42.1 Å². The van der Waals surface area contributed by atoms with Crippen molar-refractivity contribution in [3.8, 4) is 17.3 Å². The average Bonchev–Trinajstić information content (AvgIpc) is 3.45. The number of hydrogen-bond donors (Lipinski definition) is 1. The normalized spacial score (nSPS) is 12.4. The highest BCUT2D eigenvalue weighted by molar-refractivity contribution is 8.00. The largest absolute Gasteiger partial charge is 0.573 e. The van der Waals surface area contributed by atoms with Gasteiger partial charge in [-0.3, -0.25) is 9.36 Å². The second kappa shape index (κ2) is 10.0. The molecule has 0 aliphatic rings. The molecule has 34 heavy (non-hydrogen) atoms. The number of carbonyl (C=O) groups is 1. The molecule has 0 aliphatic carbocycles. The second-order valence-corrected chi connectivity index (χ2v) is 8.48. The van der Waals surface area contributed by atoms with E-state index in [4.69, 9.17) is 4.42 Å². The lowest BCUT2D eigenvalue weighted by Gasteiger charge is -2.14. The number of aromatic nitrogens is 3. The molecule has 2 aromatic carbocycles. The van der Waals surface area contributed by atoms with Crippen molar-refractivity contribution in [2.45, 2.75) is 30.2 Å². The Morgan fingerprint density at radius 1 is 1.09 bits per heavy atom. The minimum absolute atomic E-state index is 0.342. The molecule has 0 bridgehead atoms. The molecule has 2 heterocycles. The molecule has 0 spiro atoms. The highest BCUT2D eigenvalue weighted by atomic mass is 32.2. The Balaban J connectivity index is 1.48. The van der Waals surface area contributed by atoms with Crippen molar-refractivity contribution in [2.75, 3.05) is 5.32 Å². The van der Waals surface area contributed by atoms with Gasteiger partial charge in [0.2, 0.25) is 11.7 Å². The highest BCUT2D eigenvalue weighted by Crippen LogP contribution is 2.29. The average molecular weight is 488 g/mol. The van der Waals surface area contributed by atoms with Gasteiger partial charge in [-0.15, -0.1) is 23.4 Å². The highest BCUT2D eigenvalue weighted by Gasteiger charge is 2.31. The molecule has 0 saturated heterocycles. The fraction of sp³-hybridized carbons (Fsp3) is 0.174. The molecule has 0 saturated carbocycles. The summed E-state index contributed by atoms with van der Waals surface area (Å²) in [5.41, 5.74) is 1.37. The number of thioether (sulfide) groups is 1. The number of nitrogens with zero attached hydrogens (tertiary/aromatic N) is 3.